The molecule has 1 fully saturated rings. The van der Waals surface area contributed by atoms with Crippen molar-refractivity contribution in [2.75, 3.05) is 6.61 Å². The third-order valence-corrected chi connectivity index (χ3v) is 3.25. The fourth-order valence-corrected chi connectivity index (χ4v) is 2.43. The van der Waals surface area contributed by atoms with Crippen LogP contribution in [0.15, 0.2) is 0 Å². The van der Waals surface area contributed by atoms with Gasteiger partial charge < -0.3 is 10.5 Å². The van der Waals surface area contributed by atoms with Crippen LogP contribution >= 0.6 is 0 Å². The maximum absolute atomic E-state index is 6.14. The third kappa shape index (κ3) is 2.44. The van der Waals surface area contributed by atoms with Gasteiger partial charge in [-0.1, -0.05) is 26.2 Å². The number of nitrogens with two attached hydrogens (primary N) is 1. The molecule has 0 aromatic heterocycles. The van der Waals surface area contributed by atoms with Crippen LogP contribution in [0.5, 0.6) is 0 Å². The lowest BCUT2D eigenvalue weighted by Crippen LogP contribution is -2.51. The summed E-state index contributed by atoms with van der Waals surface area (Å²) in [6.07, 6.45) is 7.28. The first-order chi connectivity index (χ1) is 6.25. The number of rotatable bonds is 4. The molecule has 0 unspecified atom stereocenters. The average Bonchev–Trinajstić information content (AvgIpc) is 2.18. The van der Waals surface area contributed by atoms with E-state index in [4.69, 9.17) is 10.5 Å². The zero-order valence-corrected chi connectivity index (χ0v) is 9.01. The lowest BCUT2D eigenvalue weighted by Gasteiger charge is -2.41. The van der Waals surface area contributed by atoms with E-state index < -0.39 is 0 Å². The van der Waals surface area contributed by atoms with Crippen LogP contribution < -0.4 is 5.73 Å². The highest BCUT2D eigenvalue weighted by atomic mass is 16.5. The molecule has 1 saturated carbocycles. The summed E-state index contributed by atoms with van der Waals surface area (Å²) < 4.78 is 5.90. The zero-order chi connectivity index (χ0) is 9.73. The summed E-state index contributed by atoms with van der Waals surface area (Å²) in [7, 11) is 0. The topological polar surface area (TPSA) is 35.2 Å². The van der Waals surface area contributed by atoms with Crippen molar-refractivity contribution in [1.29, 1.82) is 0 Å². The highest BCUT2D eigenvalue weighted by Crippen LogP contribution is 2.34. The lowest BCUT2D eigenvalue weighted by atomic mass is 9.78. The molecule has 2 heteroatoms. The lowest BCUT2D eigenvalue weighted by molar-refractivity contribution is -0.0824. The van der Waals surface area contributed by atoms with Gasteiger partial charge in [-0.25, -0.2) is 0 Å². The van der Waals surface area contributed by atoms with Gasteiger partial charge in [-0.15, -0.1) is 0 Å². The Hall–Kier alpha value is -0.0800. The SMILES string of the molecule is CCOC1([C@H](N)CC)CCCCC1. The second kappa shape index (κ2) is 4.97. The van der Waals surface area contributed by atoms with E-state index >= 15 is 0 Å². The van der Waals surface area contributed by atoms with Crippen LogP contribution in [0.1, 0.15) is 52.4 Å². The summed E-state index contributed by atoms with van der Waals surface area (Å²) in [6.45, 7) is 5.02. The van der Waals surface area contributed by atoms with Gasteiger partial charge in [0.05, 0.1) is 5.60 Å². The van der Waals surface area contributed by atoms with Crippen molar-refractivity contribution in [2.45, 2.75) is 64.0 Å². The van der Waals surface area contributed by atoms with E-state index in [1.54, 1.807) is 0 Å². The van der Waals surface area contributed by atoms with Crippen LogP contribution in [-0.2, 0) is 4.74 Å². The monoisotopic (exact) mass is 185 g/mol. The molecule has 2 N–H and O–H groups in total. The van der Waals surface area contributed by atoms with E-state index in [1.807, 2.05) is 0 Å². The minimum Gasteiger partial charge on any atom is -0.374 e. The number of hydrogen-bond acceptors (Lipinski definition) is 2. The van der Waals surface area contributed by atoms with Gasteiger partial charge in [-0.3, -0.25) is 0 Å². The van der Waals surface area contributed by atoms with E-state index in [1.165, 1.54) is 19.3 Å². The van der Waals surface area contributed by atoms with Gasteiger partial charge in [0, 0.05) is 12.6 Å². The fourth-order valence-electron chi connectivity index (χ4n) is 2.43. The van der Waals surface area contributed by atoms with Crippen molar-refractivity contribution in [2.24, 2.45) is 5.73 Å². The maximum Gasteiger partial charge on any atom is 0.0832 e. The molecule has 1 atom stereocenters. The van der Waals surface area contributed by atoms with Gasteiger partial charge in [-0.05, 0) is 26.2 Å². The molecule has 1 aliphatic rings. The molecule has 0 bridgehead atoms. The molecule has 13 heavy (non-hydrogen) atoms. The Morgan fingerprint density at radius 2 is 1.85 bits per heavy atom. The zero-order valence-electron chi connectivity index (χ0n) is 9.01. The Kier molecular flexibility index (Phi) is 4.20. The Morgan fingerprint density at radius 1 is 1.23 bits per heavy atom. The Balaban J connectivity index is 2.60. The Bertz CT molecular complexity index is 136. The first-order valence-electron chi connectivity index (χ1n) is 5.64. The summed E-state index contributed by atoms with van der Waals surface area (Å²) in [6, 6.07) is 0.229. The van der Waals surface area contributed by atoms with Crippen molar-refractivity contribution in [3.05, 3.63) is 0 Å². The standard InChI is InChI=1S/C11H23NO/c1-3-10(12)11(13-4-2)8-6-5-7-9-11/h10H,3-9,12H2,1-2H3/t10-/m1/s1. The summed E-state index contributed by atoms with van der Waals surface area (Å²) in [5.74, 6) is 0. The largest absolute Gasteiger partial charge is 0.374 e. The van der Waals surface area contributed by atoms with Crippen LogP contribution in [-0.4, -0.2) is 18.2 Å². The molecular formula is C11H23NO. The van der Waals surface area contributed by atoms with Crippen molar-refractivity contribution in [3.8, 4) is 0 Å². The summed E-state index contributed by atoms with van der Waals surface area (Å²) in [5, 5.41) is 0. The highest BCUT2D eigenvalue weighted by Gasteiger charge is 2.37. The van der Waals surface area contributed by atoms with E-state index in [0.29, 0.717) is 0 Å². The van der Waals surface area contributed by atoms with Gasteiger partial charge in [-0.2, -0.15) is 0 Å². The molecule has 0 spiro atoms. The number of hydrogen-bond donors (Lipinski definition) is 1. The van der Waals surface area contributed by atoms with Gasteiger partial charge >= 0.3 is 0 Å². The second-order valence-corrected chi connectivity index (χ2v) is 4.07. The molecule has 1 rings (SSSR count). The van der Waals surface area contributed by atoms with Crippen LogP contribution in [0.25, 0.3) is 0 Å². The van der Waals surface area contributed by atoms with Gasteiger partial charge in [0.2, 0.25) is 0 Å². The van der Waals surface area contributed by atoms with Crippen LogP contribution in [0.4, 0.5) is 0 Å². The number of ether oxygens (including phenoxy) is 1. The highest BCUT2D eigenvalue weighted by molar-refractivity contribution is 4.93. The molecule has 0 radical (unpaired) electrons. The van der Waals surface area contributed by atoms with E-state index in [0.717, 1.165) is 25.9 Å². The van der Waals surface area contributed by atoms with Gasteiger partial charge in [0.1, 0.15) is 0 Å². The molecule has 1 aliphatic carbocycles. The van der Waals surface area contributed by atoms with Crippen LogP contribution in [0.2, 0.25) is 0 Å². The first-order valence-corrected chi connectivity index (χ1v) is 5.64. The second-order valence-electron chi connectivity index (χ2n) is 4.07. The van der Waals surface area contributed by atoms with Crippen molar-refractivity contribution in [3.63, 3.8) is 0 Å². The summed E-state index contributed by atoms with van der Waals surface area (Å²) >= 11 is 0. The van der Waals surface area contributed by atoms with Gasteiger partial charge in [0.15, 0.2) is 0 Å². The predicted octanol–water partition coefficient (Wildman–Crippen LogP) is 2.46. The molecule has 2 nitrogen and oxygen atoms in total. The molecule has 0 aromatic rings. The normalized spacial score (nSPS) is 24.2. The molecular weight excluding hydrogens is 162 g/mol. The average molecular weight is 185 g/mol. The molecule has 0 heterocycles. The third-order valence-electron chi connectivity index (χ3n) is 3.25. The molecule has 0 saturated heterocycles. The quantitative estimate of drug-likeness (QED) is 0.730. The van der Waals surface area contributed by atoms with Crippen LogP contribution in [0, 0.1) is 0 Å². The van der Waals surface area contributed by atoms with E-state index in [9.17, 15) is 0 Å². The molecule has 78 valence electrons. The molecule has 0 amide bonds. The van der Waals surface area contributed by atoms with E-state index in [-0.39, 0.29) is 11.6 Å². The van der Waals surface area contributed by atoms with Crippen molar-refractivity contribution in [1.82, 2.24) is 0 Å². The summed E-state index contributed by atoms with van der Waals surface area (Å²) in [4.78, 5) is 0. The van der Waals surface area contributed by atoms with Crippen LogP contribution in [0.3, 0.4) is 0 Å². The molecule has 0 aromatic carbocycles. The van der Waals surface area contributed by atoms with E-state index in [2.05, 4.69) is 13.8 Å². The maximum atomic E-state index is 6.14. The predicted molar refractivity (Wildman–Crippen MR) is 55.7 cm³/mol. The fraction of sp³-hybridized carbons (Fsp3) is 1.00. The van der Waals surface area contributed by atoms with Crippen molar-refractivity contribution < 1.29 is 4.74 Å². The van der Waals surface area contributed by atoms with Gasteiger partial charge in [0.25, 0.3) is 0 Å². The first kappa shape index (κ1) is 11.0. The minimum atomic E-state index is 0.0156. The smallest absolute Gasteiger partial charge is 0.0832 e. The Labute approximate surface area is 81.8 Å². The van der Waals surface area contributed by atoms with Crippen molar-refractivity contribution >= 4 is 0 Å². The Morgan fingerprint density at radius 3 is 2.31 bits per heavy atom. The minimum absolute atomic E-state index is 0.0156. The molecule has 0 aliphatic heterocycles. The summed E-state index contributed by atoms with van der Waals surface area (Å²) in [5.41, 5.74) is 6.16.